The SMILES string of the molecule is N#Cc1cccc(C(=O)NC2CCCCCC2C(=O)O)c1. The van der Waals surface area contributed by atoms with Crippen molar-refractivity contribution in [2.75, 3.05) is 0 Å². The number of hydrogen-bond donors (Lipinski definition) is 2. The summed E-state index contributed by atoms with van der Waals surface area (Å²) in [5.74, 6) is -1.70. The van der Waals surface area contributed by atoms with Gasteiger partial charge in [0.1, 0.15) is 0 Å². The van der Waals surface area contributed by atoms with Crippen LogP contribution >= 0.6 is 0 Å². The fourth-order valence-electron chi connectivity index (χ4n) is 2.76. The summed E-state index contributed by atoms with van der Waals surface area (Å²) in [6, 6.07) is 8.06. The Kier molecular flexibility index (Phi) is 4.94. The molecule has 5 nitrogen and oxygen atoms in total. The Labute approximate surface area is 123 Å². The van der Waals surface area contributed by atoms with E-state index in [0.717, 1.165) is 19.3 Å². The predicted molar refractivity (Wildman–Crippen MR) is 76.6 cm³/mol. The maximum atomic E-state index is 12.2. The minimum atomic E-state index is -0.854. The molecule has 0 aliphatic heterocycles. The number of rotatable bonds is 3. The molecule has 1 aliphatic rings. The molecule has 0 saturated heterocycles. The van der Waals surface area contributed by atoms with E-state index in [2.05, 4.69) is 5.32 Å². The Morgan fingerprint density at radius 1 is 1.24 bits per heavy atom. The highest BCUT2D eigenvalue weighted by Gasteiger charge is 2.30. The second-order valence-electron chi connectivity index (χ2n) is 5.36. The van der Waals surface area contributed by atoms with E-state index in [-0.39, 0.29) is 11.9 Å². The van der Waals surface area contributed by atoms with E-state index in [0.29, 0.717) is 24.0 Å². The van der Waals surface area contributed by atoms with Crippen molar-refractivity contribution in [2.45, 2.75) is 38.1 Å². The summed E-state index contributed by atoms with van der Waals surface area (Å²) in [4.78, 5) is 23.6. The van der Waals surface area contributed by atoms with Gasteiger partial charge in [-0.3, -0.25) is 9.59 Å². The van der Waals surface area contributed by atoms with E-state index in [1.165, 1.54) is 6.07 Å². The average molecular weight is 286 g/mol. The van der Waals surface area contributed by atoms with Gasteiger partial charge in [0.15, 0.2) is 0 Å². The van der Waals surface area contributed by atoms with Crippen LogP contribution in [-0.4, -0.2) is 23.0 Å². The van der Waals surface area contributed by atoms with Crippen LogP contribution in [0, 0.1) is 17.2 Å². The number of benzene rings is 1. The van der Waals surface area contributed by atoms with Gasteiger partial charge in [-0.25, -0.2) is 0 Å². The van der Waals surface area contributed by atoms with Crippen molar-refractivity contribution in [1.82, 2.24) is 5.32 Å². The lowest BCUT2D eigenvalue weighted by Gasteiger charge is -2.22. The number of hydrogen-bond acceptors (Lipinski definition) is 3. The fourth-order valence-corrected chi connectivity index (χ4v) is 2.76. The first kappa shape index (κ1) is 15.0. The Bertz CT molecular complexity index is 577. The second kappa shape index (κ2) is 6.89. The molecule has 0 radical (unpaired) electrons. The number of carboxylic acids is 1. The van der Waals surface area contributed by atoms with E-state index < -0.39 is 11.9 Å². The Hall–Kier alpha value is -2.35. The van der Waals surface area contributed by atoms with E-state index in [9.17, 15) is 14.7 Å². The smallest absolute Gasteiger partial charge is 0.308 e. The van der Waals surface area contributed by atoms with Crippen LogP contribution in [-0.2, 0) is 4.79 Å². The van der Waals surface area contributed by atoms with Gasteiger partial charge in [-0.2, -0.15) is 5.26 Å². The molecule has 1 saturated carbocycles. The first-order chi connectivity index (χ1) is 10.1. The Morgan fingerprint density at radius 2 is 2.00 bits per heavy atom. The molecule has 2 unspecified atom stereocenters. The van der Waals surface area contributed by atoms with Crippen LogP contribution in [0.25, 0.3) is 0 Å². The molecule has 2 N–H and O–H groups in total. The van der Waals surface area contributed by atoms with Gasteiger partial charge in [0.25, 0.3) is 5.91 Å². The lowest BCUT2D eigenvalue weighted by Crippen LogP contribution is -2.42. The van der Waals surface area contributed by atoms with Crippen LogP contribution in [0.2, 0.25) is 0 Å². The number of carbonyl (C=O) groups is 2. The van der Waals surface area contributed by atoms with E-state index in [4.69, 9.17) is 5.26 Å². The summed E-state index contributed by atoms with van der Waals surface area (Å²) in [5, 5.41) is 21.0. The zero-order valence-electron chi connectivity index (χ0n) is 11.7. The van der Waals surface area contributed by atoms with Crippen molar-refractivity contribution < 1.29 is 14.7 Å². The van der Waals surface area contributed by atoms with Crippen LogP contribution in [0.1, 0.15) is 48.0 Å². The highest BCUT2D eigenvalue weighted by molar-refractivity contribution is 5.95. The minimum Gasteiger partial charge on any atom is -0.481 e. The topological polar surface area (TPSA) is 90.2 Å². The molecule has 1 fully saturated rings. The van der Waals surface area contributed by atoms with Crippen molar-refractivity contribution >= 4 is 11.9 Å². The summed E-state index contributed by atoms with van der Waals surface area (Å²) >= 11 is 0. The maximum absolute atomic E-state index is 12.2. The summed E-state index contributed by atoms with van der Waals surface area (Å²) in [6.07, 6.45) is 4.08. The van der Waals surface area contributed by atoms with E-state index >= 15 is 0 Å². The zero-order chi connectivity index (χ0) is 15.2. The fraction of sp³-hybridized carbons (Fsp3) is 0.438. The van der Waals surface area contributed by atoms with Crippen LogP contribution < -0.4 is 5.32 Å². The van der Waals surface area contributed by atoms with Crippen LogP contribution in [0.5, 0.6) is 0 Å². The average Bonchev–Trinajstić information content (AvgIpc) is 2.72. The number of carboxylic acid groups (broad SMARTS) is 1. The lowest BCUT2D eigenvalue weighted by molar-refractivity contribution is -0.142. The molecule has 21 heavy (non-hydrogen) atoms. The maximum Gasteiger partial charge on any atom is 0.308 e. The molecule has 2 rings (SSSR count). The monoisotopic (exact) mass is 286 g/mol. The third-order valence-corrected chi connectivity index (χ3v) is 3.90. The van der Waals surface area contributed by atoms with Gasteiger partial charge in [0, 0.05) is 11.6 Å². The molecule has 1 aromatic carbocycles. The largest absolute Gasteiger partial charge is 0.481 e. The molecule has 1 aliphatic carbocycles. The highest BCUT2D eigenvalue weighted by atomic mass is 16.4. The number of nitrogens with one attached hydrogen (secondary N) is 1. The summed E-state index contributed by atoms with van der Waals surface area (Å²) < 4.78 is 0. The van der Waals surface area contributed by atoms with Crippen molar-refractivity contribution in [3.8, 4) is 6.07 Å². The first-order valence-electron chi connectivity index (χ1n) is 7.15. The highest BCUT2D eigenvalue weighted by Crippen LogP contribution is 2.24. The Balaban J connectivity index is 2.12. The van der Waals surface area contributed by atoms with Gasteiger partial charge in [-0.15, -0.1) is 0 Å². The summed E-state index contributed by atoms with van der Waals surface area (Å²) in [5.41, 5.74) is 0.806. The van der Waals surface area contributed by atoms with Crippen LogP contribution in [0.15, 0.2) is 24.3 Å². The standard InChI is InChI=1S/C16H18N2O3/c17-10-11-5-4-6-12(9-11)15(19)18-14-8-3-1-2-7-13(14)16(20)21/h4-6,9,13-14H,1-3,7-8H2,(H,18,19)(H,20,21). The van der Waals surface area contributed by atoms with Gasteiger partial charge in [0.05, 0.1) is 17.6 Å². The van der Waals surface area contributed by atoms with E-state index in [1.807, 2.05) is 6.07 Å². The third kappa shape index (κ3) is 3.82. The van der Waals surface area contributed by atoms with Crippen molar-refractivity contribution in [2.24, 2.45) is 5.92 Å². The van der Waals surface area contributed by atoms with Gasteiger partial charge in [-0.1, -0.05) is 25.3 Å². The molecular formula is C16H18N2O3. The van der Waals surface area contributed by atoms with Crippen molar-refractivity contribution in [3.63, 3.8) is 0 Å². The molecule has 1 amide bonds. The van der Waals surface area contributed by atoms with Gasteiger partial charge < -0.3 is 10.4 Å². The lowest BCUT2D eigenvalue weighted by atomic mass is 9.94. The predicted octanol–water partition coefficient (Wildman–Crippen LogP) is 2.32. The number of carbonyl (C=O) groups excluding carboxylic acids is 1. The Morgan fingerprint density at radius 3 is 2.71 bits per heavy atom. The number of nitriles is 1. The van der Waals surface area contributed by atoms with Gasteiger partial charge >= 0.3 is 5.97 Å². The van der Waals surface area contributed by atoms with Crippen molar-refractivity contribution in [1.29, 1.82) is 5.26 Å². The van der Waals surface area contributed by atoms with E-state index in [1.54, 1.807) is 18.2 Å². The van der Waals surface area contributed by atoms with Crippen molar-refractivity contribution in [3.05, 3.63) is 35.4 Å². The number of aliphatic carboxylic acids is 1. The molecule has 0 heterocycles. The zero-order valence-corrected chi connectivity index (χ0v) is 11.7. The molecular weight excluding hydrogens is 268 g/mol. The second-order valence-corrected chi connectivity index (χ2v) is 5.36. The van der Waals surface area contributed by atoms with Crippen LogP contribution in [0.3, 0.4) is 0 Å². The summed E-state index contributed by atoms with van der Waals surface area (Å²) in [7, 11) is 0. The van der Waals surface area contributed by atoms with Gasteiger partial charge in [0.2, 0.25) is 0 Å². The number of amides is 1. The van der Waals surface area contributed by atoms with Gasteiger partial charge in [-0.05, 0) is 31.0 Å². The normalized spacial score (nSPS) is 21.9. The van der Waals surface area contributed by atoms with Crippen LogP contribution in [0.4, 0.5) is 0 Å². The number of nitrogens with zero attached hydrogens (tertiary/aromatic N) is 1. The molecule has 0 aromatic heterocycles. The quantitative estimate of drug-likeness (QED) is 0.834. The molecule has 110 valence electrons. The summed E-state index contributed by atoms with van der Waals surface area (Å²) in [6.45, 7) is 0. The molecule has 5 heteroatoms. The third-order valence-electron chi connectivity index (χ3n) is 3.90. The minimum absolute atomic E-state index is 0.315. The molecule has 1 aromatic rings. The molecule has 0 spiro atoms. The first-order valence-corrected chi connectivity index (χ1v) is 7.15. The molecule has 0 bridgehead atoms. The molecule has 2 atom stereocenters.